The number of nitrogens with two attached hydrogens (primary N) is 1. The van der Waals surface area contributed by atoms with Crippen LogP contribution in [0.3, 0.4) is 0 Å². The Hall–Kier alpha value is -2.24. The summed E-state index contributed by atoms with van der Waals surface area (Å²) in [6.07, 6.45) is 4.96. The molecule has 3 N–H and O–H groups in total. The van der Waals surface area contributed by atoms with Crippen molar-refractivity contribution in [2.24, 2.45) is 9.98 Å². The summed E-state index contributed by atoms with van der Waals surface area (Å²) in [5.74, 6) is 0.112. The summed E-state index contributed by atoms with van der Waals surface area (Å²) >= 11 is 0. The number of nitrogens with zero attached hydrogens (tertiary/aromatic N) is 3. The summed E-state index contributed by atoms with van der Waals surface area (Å²) in [5.41, 5.74) is 6.00. The fraction of sp³-hybridized carbons (Fsp3) is 0.111. The number of aliphatic imine (C=N–C) groups is 2. The number of hydrogen-bond acceptors (Lipinski definition) is 5. The van der Waals surface area contributed by atoms with Crippen molar-refractivity contribution in [3.8, 4) is 0 Å². The first-order chi connectivity index (χ1) is 7.24. The van der Waals surface area contributed by atoms with Crippen LogP contribution in [0.15, 0.2) is 14.8 Å². The number of fused-ring (bicyclic) bond motifs is 2. The van der Waals surface area contributed by atoms with Gasteiger partial charge in [0.25, 0.3) is 5.56 Å². The zero-order valence-electron chi connectivity index (χ0n) is 7.64. The first kappa shape index (κ1) is 8.10. The highest BCUT2D eigenvalue weighted by Gasteiger charge is 2.17. The second kappa shape index (κ2) is 2.63. The molecular weight excluding hydrogens is 194 g/mol. The maximum atomic E-state index is 11.6. The maximum absolute atomic E-state index is 11.6. The second-order valence-electron chi connectivity index (χ2n) is 3.32. The van der Waals surface area contributed by atoms with Crippen LogP contribution < -0.4 is 21.9 Å². The molecule has 0 saturated heterocycles. The smallest absolute Gasteiger partial charge is 0.259 e. The Morgan fingerprint density at radius 2 is 2.33 bits per heavy atom. The minimum absolute atomic E-state index is 0.112. The van der Waals surface area contributed by atoms with Gasteiger partial charge in [0, 0.05) is 0 Å². The Morgan fingerprint density at radius 1 is 1.47 bits per heavy atom. The summed E-state index contributed by atoms with van der Waals surface area (Å²) in [4.78, 5) is 26.2. The van der Waals surface area contributed by atoms with Crippen molar-refractivity contribution in [3.63, 3.8) is 0 Å². The van der Waals surface area contributed by atoms with Gasteiger partial charge in [-0.2, -0.15) is 0 Å². The molecule has 0 saturated carbocycles. The highest BCUT2D eigenvalue weighted by atomic mass is 16.1. The molecular formula is C9H7N5O. The number of aromatic amines is 1. The van der Waals surface area contributed by atoms with Crippen molar-refractivity contribution in [1.82, 2.24) is 9.97 Å². The SMILES string of the molecule is Nc1nc2c(c(=O)[nH]1)=CC1N=CN=C1C=2. The minimum Gasteiger partial charge on any atom is -0.369 e. The normalized spacial score (nSPS) is 21.1. The standard InChI is InChI=1S/C9H7N5O/c10-9-13-5-2-7-6(11-3-12-7)1-4(5)8(15)14-9/h1-3,6H,(H3,10,13,14,15). The molecule has 15 heavy (non-hydrogen) atoms. The topological polar surface area (TPSA) is 96.5 Å². The van der Waals surface area contributed by atoms with Crippen molar-refractivity contribution < 1.29 is 0 Å². The molecule has 1 unspecified atom stereocenters. The lowest BCUT2D eigenvalue weighted by Gasteiger charge is -2.06. The van der Waals surface area contributed by atoms with E-state index in [1.807, 2.05) is 0 Å². The van der Waals surface area contributed by atoms with Gasteiger partial charge < -0.3 is 5.73 Å². The third-order valence-electron chi connectivity index (χ3n) is 2.35. The van der Waals surface area contributed by atoms with E-state index < -0.39 is 0 Å². The number of aromatic nitrogens is 2. The Kier molecular flexibility index (Phi) is 1.42. The molecule has 1 atom stereocenters. The van der Waals surface area contributed by atoms with Crippen molar-refractivity contribution in [1.29, 1.82) is 0 Å². The molecule has 6 heteroatoms. The van der Waals surface area contributed by atoms with E-state index in [9.17, 15) is 4.79 Å². The molecule has 1 aromatic heterocycles. The monoisotopic (exact) mass is 201 g/mol. The van der Waals surface area contributed by atoms with Crippen molar-refractivity contribution in [2.75, 3.05) is 5.73 Å². The van der Waals surface area contributed by atoms with E-state index in [2.05, 4.69) is 20.0 Å². The number of anilines is 1. The average Bonchev–Trinajstić information content (AvgIpc) is 2.61. The lowest BCUT2D eigenvalue weighted by molar-refractivity contribution is 1.05. The van der Waals surface area contributed by atoms with Crippen LogP contribution in [0.4, 0.5) is 5.95 Å². The van der Waals surface area contributed by atoms with Crippen LogP contribution >= 0.6 is 0 Å². The van der Waals surface area contributed by atoms with Crippen molar-refractivity contribution in [3.05, 3.63) is 20.9 Å². The van der Waals surface area contributed by atoms with E-state index in [-0.39, 0.29) is 17.5 Å². The molecule has 0 aromatic carbocycles. The van der Waals surface area contributed by atoms with Gasteiger partial charge in [0.15, 0.2) is 0 Å². The molecule has 74 valence electrons. The molecule has 2 aliphatic rings. The predicted molar refractivity (Wildman–Crippen MR) is 57.2 cm³/mol. The average molecular weight is 201 g/mol. The van der Waals surface area contributed by atoms with Crippen LogP contribution in [0.25, 0.3) is 12.2 Å². The number of nitrogens with one attached hydrogen (secondary N) is 1. The molecule has 1 aromatic rings. The first-order valence-corrected chi connectivity index (χ1v) is 4.43. The van der Waals surface area contributed by atoms with Gasteiger partial charge in [0.1, 0.15) is 12.4 Å². The van der Waals surface area contributed by atoms with E-state index in [4.69, 9.17) is 5.73 Å². The van der Waals surface area contributed by atoms with Crippen LogP contribution in [-0.2, 0) is 0 Å². The third kappa shape index (κ3) is 1.11. The predicted octanol–water partition coefficient (Wildman–Crippen LogP) is -2.22. The second-order valence-corrected chi connectivity index (χ2v) is 3.32. The van der Waals surface area contributed by atoms with Crippen LogP contribution in [0.2, 0.25) is 0 Å². The van der Waals surface area contributed by atoms with Gasteiger partial charge in [-0.25, -0.2) is 9.98 Å². The van der Waals surface area contributed by atoms with E-state index in [1.54, 1.807) is 12.2 Å². The summed E-state index contributed by atoms with van der Waals surface area (Å²) < 4.78 is 0. The van der Waals surface area contributed by atoms with Gasteiger partial charge in [-0.15, -0.1) is 0 Å². The fourth-order valence-corrected chi connectivity index (χ4v) is 1.66. The quantitative estimate of drug-likeness (QED) is 0.497. The maximum Gasteiger partial charge on any atom is 0.259 e. The van der Waals surface area contributed by atoms with E-state index >= 15 is 0 Å². The third-order valence-corrected chi connectivity index (χ3v) is 2.35. The summed E-state index contributed by atoms with van der Waals surface area (Å²) in [6.45, 7) is 0. The van der Waals surface area contributed by atoms with Crippen LogP contribution in [0.5, 0.6) is 0 Å². The molecule has 0 amide bonds. The highest BCUT2D eigenvalue weighted by Crippen LogP contribution is 2.05. The van der Waals surface area contributed by atoms with Crippen LogP contribution in [0, 0.1) is 0 Å². The summed E-state index contributed by atoms with van der Waals surface area (Å²) in [7, 11) is 0. The van der Waals surface area contributed by atoms with Gasteiger partial charge in [0.2, 0.25) is 5.95 Å². The fourth-order valence-electron chi connectivity index (χ4n) is 1.66. The molecule has 0 spiro atoms. The molecule has 0 fully saturated rings. The molecule has 0 bridgehead atoms. The van der Waals surface area contributed by atoms with Gasteiger partial charge in [0.05, 0.1) is 16.3 Å². The first-order valence-electron chi connectivity index (χ1n) is 4.43. The van der Waals surface area contributed by atoms with Gasteiger partial charge in [-0.1, -0.05) is 0 Å². The Morgan fingerprint density at radius 3 is 3.20 bits per heavy atom. The van der Waals surface area contributed by atoms with Crippen LogP contribution in [0.1, 0.15) is 0 Å². The Balaban J connectivity index is 2.45. The lowest BCUT2D eigenvalue weighted by atomic mass is 10.1. The van der Waals surface area contributed by atoms with Crippen molar-refractivity contribution in [2.45, 2.75) is 6.04 Å². The Labute approximate surface area is 83.6 Å². The minimum atomic E-state index is -0.241. The summed E-state index contributed by atoms with van der Waals surface area (Å²) in [6, 6.07) is -0.149. The lowest BCUT2D eigenvalue weighted by Crippen LogP contribution is -2.47. The van der Waals surface area contributed by atoms with Crippen LogP contribution in [-0.4, -0.2) is 28.1 Å². The molecule has 0 radical (unpaired) electrons. The van der Waals surface area contributed by atoms with E-state index in [0.29, 0.717) is 10.6 Å². The van der Waals surface area contributed by atoms with E-state index in [1.165, 1.54) is 6.34 Å². The van der Waals surface area contributed by atoms with Gasteiger partial charge in [-0.3, -0.25) is 14.8 Å². The largest absolute Gasteiger partial charge is 0.369 e. The highest BCUT2D eigenvalue weighted by molar-refractivity contribution is 6.21. The van der Waals surface area contributed by atoms with Crippen molar-refractivity contribution >= 4 is 30.2 Å². The molecule has 6 nitrogen and oxygen atoms in total. The Bertz CT molecular complexity index is 667. The molecule has 2 heterocycles. The zero-order valence-corrected chi connectivity index (χ0v) is 7.64. The van der Waals surface area contributed by atoms with Gasteiger partial charge in [-0.05, 0) is 12.2 Å². The van der Waals surface area contributed by atoms with Gasteiger partial charge >= 0.3 is 0 Å². The molecule has 1 aliphatic heterocycles. The molecule has 1 aliphatic carbocycles. The number of H-pyrrole nitrogens is 1. The number of nitrogen functional groups attached to an aromatic ring is 1. The van der Waals surface area contributed by atoms with E-state index in [0.717, 1.165) is 5.71 Å². The molecule has 3 rings (SSSR count). The number of hydrogen-bond donors (Lipinski definition) is 2. The zero-order chi connectivity index (χ0) is 10.4. The number of rotatable bonds is 0. The summed E-state index contributed by atoms with van der Waals surface area (Å²) in [5, 5.41) is 1.06.